The largest absolute Gasteiger partial charge is 0.0843 e. The minimum absolute atomic E-state index is 0.738. The van der Waals surface area contributed by atoms with Gasteiger partial charge in [0.05, 0.1) is 0 Å². The van der Waals surface area contributed by atoms with Crippen molar-refractivity contribution in [1.29, 1.82) is 0 Å². The Labute approximate surface area is 120 Å². The van der Waals surface area contributed by atoms with Crippen LogP contribution in [-0.4, -0.2) is 0 Å². The predicted octanol–water partition coefficient (Wildman–Crippen LogP) is 6.29. The summed E-state index contributed by atoms with van der Waals surface area (Å²) in [7, 11) is 0. The maximum Gasteiger partial charge on any atom is 0.0458 e. The number of unbranched alkanes of at least 4 members (excludes halogenated alkanes) is 3. The molecule has 0 fully saturated rings. The molecular formula is C16H20Cl2. The number of benzene rings is 1. The van der Waals surface area contributed by atoms with Crippen LogP contribution in [0.15, 0.2) is 17.7 Å². The third kappa shape index (κ3) is 3.52. The summed E-state index contributed by atoms with van der Waals surface area (Å²) in [6, 6.07) is 3.88. The van der Waals surface area contributed by atoms with Crippen molar-refractivity contribution in [3.05, 3.63) is 38.9 Å². The van der Waals surface area contributed by atoms with E-state index in [0.717, 1.165) is 22.9 Å². The second-order valence-electron chi connectivity index (χ2n) is 5.07. The molecule has 0 heterocycles. The van der Waals surface area contributed by atoms with Crippen LogP contribution < -0.4 is 0 Å². The second kappa shape index (κ2) is 6.63. The summed E-state index contributed by atoms with van der Waals surface area (Å²) in [5, 5.41) is 1.56. The molecule has 0 spiro atoms. The molecule has 0 N–H and O–H groups in total. The molecule has 0 aromatic heterocycles. The summed E-state index contributed by atoms with van der Waals surface area (Å²) in [6.07, 6.45) is 11.0. The van der Waals surface area contributed by atoms with Crippen LogP contribution in [0, 0.1) is 0 Å². The van der Waals surface area contributed by atoms with E-state index in [1.807, 2.05) is 12.1 Å². The Hall–Kier alpha value is -0.460. The molecule has 98 valence electrons. The molecule has 18 heavy (non-hydrogen) atoms. The highest BCUT2D eigenvalue weighted by molar-refractivity contribution is 6.35. The van der Waals surface area contributed by atoms with Crippen LogP contribution in [0.1, 0.15) is 56.6 Å². The van der Waals surface area contributed by atoms with Gasteiger partial charge in [-0.25, -0.2) is 0 Å². The highest BCUT2D eigenvalue weighted by Gasteiger charge is 2.14. The lowest BCUT2D eigenvalue weighted by molar-refractivity contribution is 0.654. The molecule has 0 aliphatic heterocycles. The lowest BCUT2D eigenvalue weighted by atomic mass is 9.89. The Morgan fingerprint density at radius 2 is 1.89 bits per heavy atom. The number of hydrogen-bond donors (Lipinski definition) is 0. The van der Waals surface area contributed by atoms with Crippen molar-refractivity contribution in [3.63, 3.8) is 0 Å². The number of fused-ring (bicyclic) bond motifs is 1. The first-order chi connectivity index (χ1) is 8.70. The van der Waals surface area contributed by atoms with Crippen molar-refractivity contribution in [2.75, 3.05) is 0 Å². The van der Waals surface area contributed by atoms with Gasteiger partial charge in [-0.2, -0.15) is 0 Å². The Kier molecular flexibility index (Phi) is 5.14. The number of rotatable bonds is 5. The van der Waals surface area contributed by atoms with Crippen LogP contribution >= 0.6 is 23.2 Å². The van der Waals surface area contributed by atoms with Crippen LogP contribution in [0.5, 0.6) is 0 Å². The fourth-order valence-corrected chi connectivity index (χ4v) is 3.17. The van der Waals surface area contributed by atoms with E-state index in [0.29, 0.717) is 0 Å². The van der Waals surface area contributed by atoms with Crippen LogP contribution in [0.3, 0.4) is 0 Å². The maximum absolute atomic E-state index is 6.23. The van der Waals surface area contributed by atoms with Gasteiger partial charge in [0.2, 0.25) is 0 Å². The van der Waals surface area contributed by atoms with Gasteiger partial charge >= 0.3 is 0 Å². The average Bonchev–Trinajstić information content (AvgIpc) is 2.34. The summed E-state index contributed by atoms with van der Waals surface area (Å²) in [5.41, 5.74) is 4.04. The molecule has 1 aliphatic carbocycles. The number of halogens is 2. The topological polar surface area (TPSA) is 0 Å². The van der Waals surface area contributed by atoms with Crippen LogP contribution in [0.4, 0.5) is 0 Å². The van der Waals surface area contributed by atoms with Gasteiger partial charge < -0.3 is 0 Å². The first-order valence-electron chi connectivity index (χ1n) is 6.88. The summed E-state index contributed by atoms with van der Waals surface area (Å²) >= 11 is 12.3. The van der Waals surface area contributed by atoms with Crippen molar-refractivity contribution >= 4 is 29.3 Å². The van der Waals surface area contributed by atoms with E-state index >= 15 is 0 Å². The van der Waals surface area contributed by atoms with Gasteiger partial charge in [-0.3, -0.25) is 0 Å². The molecule has 1 aromatic carbocycles. The van der Waals surface area contributed by atoms with Gasteiger partial charge in [0.25, 0.3) is 0 Å². The molecule has 0 saturated carbocycles. The fraction of sp³-hybridized carbons (Fsp3) is 0.500. The fourth-order valence-electron chi connectivity index (χ4n) is 2.57. The lowest BCUT2D eigenvalue weighted by Gasteiger charge is -2.18. The van der Waals surface area contributed by atoms with E-state index < -0.39 is 0 Å². The van der Waals surface area contributed by atoms with Crippen LogP contribution in [0.25, 0.3) is 6.08 Å². The molecule has 0 atom stereocenters. The monoisotopic (exact) mass is 282 g/mol. The smallest absolute Gasteiger partial charge is 0.0458 e. The molecule has 0 unspecified atom stereocenters. The Bertz CT molecular complexity index is 447. The Morgan fingerprint density at radius 1 is 1.06 bits per heavy atom. The molecule has 0 bridgehead atoms. The second-order valence-corrected chi connectivity index (χ2v) is 5.91. The van der Waals surface area contributed by atoms with Gasteiger partial charge in [0.15, 0.2) is 0 Å². The van der Waals surface area contributed by atoms with E-state index in [4.69, 9.17) is 23.2 Å². The van der Waals surface area contributed by atoms with E-state index in [1.54, 1.807) is 5.57 Å². The lowest BCUT2D eigenvalue weighted by Crippen LogP contribution is -2.00. The van der Waals surface area contributed by atoms with Gasteiger partial charge in [0, 0.05) is 10.0 Å². The number of allylic oxidation sites excluding steroid dienone is 1. The van der Waals surface area contributed by atoms with E-state index in [-0.39, 0.29) is 0 Å². The summed E-state index contributed by atoms with van der Waals surface area (Å²) in [4.78, 5) is 0. The summed E-state index contributed by atoms with van der Waals surface area (Å²) < 4.78 is 0. The van der Waals surface area contributed by atoms with Crippen molar-refractivity contribution in [3.8, 4) is 0 Å². The molecule has 0 nitrogen and oxygen atoms in total. The van der Waals surface area contributed by atoms with Crippen molar-refractivity contribution in [2.24, 2.45) is 0 Å². The Balaban J connectivity index is 2.05. The number of hydrogen-bond acceptors (Lipinski definition) is 0. The van der Waals surface area contributed by atoms with Crippen LogP contribution in [-0.2, 0) is 6.42 Å². The SMILES string of the molecule is CCCCCCC1=Cc2cc(Cl)cc(Cl)c2CC1. The zero-order chi connectivity index (χ0) is 13.0. The zero-order valence-corrected chi connectivity index (χ0v) is 12.4. The molecule has 0 radical (unpaired) electrons. The maximum atomic E-state index is 6.23. The quantitative estimate of drug-likeness (QED) is 0.557. The average molecular weight is 283 g/mol. The van der Waals surface area contributed by atoms with Crippen molar-refractivity contribution in [2.45, 2.75) is 51.9 Å². The standard InChI is InChI=1S/C16H20Cl2/c1-2-3-4-5-6-12-7-8-15-13(9-12)10-14(17)11-16(15)18/h9-11H,2-8H2,1H3. The molecule has 0 saturated heterocycles. The summed E-state index contributed by atoms with van der Waals surface area (Å²) in [5.74, 6) is 0. The molecular weight excluding hydrogens is 263 g/mol. The molecule has 1 aromatic rings. The third-order valence-electron chi connectivity index (χ3n) is 3.60. The highest BCUT2D eigenvalue weighted by atomic mass is 35.5. The first-order valence-corrected chi connectivity index (χ1v) is 7.63. The van der Waals surface area contributed by atoms with Gasteiger partial charge in [-0.05, 0) is 48.9 Å². The first kappa shape index (κ1) is 14.0. The third-order valence-corrected chi connectivity index (χ3v) is 4.16. The zero-order valence-electron chi connectivity index (χ0n) is 10.9. The van der Waals surface area contributed by atoms with E-state index in [1.165, 1.54) is 43.2 Å². The minimum Gasteiger partial charge on any atom is -0.0843 e. The van der Waals surface area contributed by atoms with E-state index in [2.05, 4.69) is 13.0 Å². The predicted molar refractivity (Wildman–Crippen MR) is 81.5 cm³/mol. The van der Waals surface area contributed by atoms with Crippen molar-refractivity contribution in [1.82, 2.24) is 0 Å². The normalized spacial score (nSPS) is 14.3. The van der Waals surface area contributed by atoms with Gasteiger partial charge in [-0.15, -0.1) is 0 Å². The highest BCUT2D eigenvalue weighted by Crippen LogP contribution is 2.33. The molecule has 2 rings (SSSR count). The van der Waals surface area contributed by atoms with Crippen molar-refractivity contribution < 1.29 is 0 Å². The van der Waals surface area contributed by atoms with Gasteiger partial charge in [-0.1, -0.05) is 61.0 Å². The molecule has 0 amide bonds. The Morgan fingerprint density at radius 3 is 2.67 bits per heavy atom. The molecule has 2 heteroatoms. The van der Waals surface area contributed by atoms with Crippen LogP contribution in [0.2, 0.25) is 10.0 Å². The van der Waals surface area contributed by atoms with Gasteiger partial charge in [0.1, 0.15) is 0 Å². The minimum atomic E-state index is 0.738. The summed E-state index contributed by atoms with van der Waals surface area (Å²) in [6.45, 7) is 2.25. The van der Waals surface area contributed by atoms with E-state index in [9.17, 15) is 0 Å². The molecule has 1 aliphatic rings.